The van der Waals surface area contributed by atoms with E-state index < -0.39 is 0 Å². The lowest BCUT2D eigenvalue weighted by Crippen LogP contribution is -2.30. The van der Waals surface area contributed by atoms with Gasteiger partial charge in [0.1, 0.15) is 5.75 Å². The highest BCUT2D eigenvalue weighted by molar-refractivity contribution is 5.95. The van der Waals surface area contributed by atoms with Gasteiger partial charge in [-0.2, -0.15) is 0 Å². The summed E-state index contributed by atoms with van der Waals surface area (Å²) in [5.41, 5.74) is 0.0141. The summed E-state index contributed by atoms with van der Waals surface area (Å²) in [6.45, 7) is 2.64. The molecule has 0 aliphatic carbocycles. The average Bonchev–Trinajstić information content (AvgIpc) is 2.80. The summed E-state index contributed by atoms with van der Waals surface area (Å²) in [7, 11) is 1.34. The maximum Gasteiger partial charge on any atom is 0.310 e. The van der Waals surface area contributed by atoms with Crippen molar-refractivity contribution in [2.24, 2.45) is 11.8 Å². The molecule has 1 saturated heterocycles. The highest BCUT2D eigenvalue weighted by Gasteiger charge is 2.38. The first-order valence-electron chi connectivity index (χ1n) is 6.05. The van der Waals surface area contributed by atoms with Crippen molar-refractivity contribution >= 4 is 11.9 Å². The van der Waals surface area contributed by atoms with Gasteiger partial charge in [-0.25, -0.2) is 4.98 Å². The molecule has 2 heterocycles. The van der Waals surface area contributed by atoms with Crippen molar-refractivity contribution < 1.29 is 19.4 Å². The van der Waals surface area contributed by atoms with Gasteiger partial charge in [0.2, 0.25) is 0 Å². The molecule has 102 valence electrons. The Balaban J connectivity index is 2.15. The number of pyridine rings is 1. The van der Waals surface area contributed by atoms with E-state index in [1.165, 1.54) is 24.3 Å². The monoisotopic (exact) mass is 264 g/mol. The Morgan fingerprint density at radius 2 is 2.21 bits per heavy atom. The lowest BCUT2D eigenvalue weighted by atomic mass is 9.99. The molecular weight excluding hydrogens is 248 g/mol. The molecule has 2 rings (SSSR count). The number of hydrogen-bond donors (Lipinski definition) is 1. The summed E-state index contributed by atoms with van der Waals surface area (Å²) in [4.78, 5) is 29.2. The van der Waals surface area contributed by atoms with Gasteiger partial charge < -0.3 is 14.7 Å². The molecule has 6 heteroatoms. The summed E-state index contributed by atoms with van der Waals surface area (Å²) >= 11 is 0. The van der Waals surface area contributed by atoms with Crippen LogP contribution in [0.2, 0.25) is 0 Å². The molecule has 1 aromatic heterocycles. The van der Waals surface area contributed by atoms with Gasteiger partial charge in [0, 0.05) is 19.3 Å². The van der Waals surface area contributed by atoms with Crippen molar-refractivity contribution in [3.05, 3.63) is 24.0 Å². The van der Waals surface area contributed by atoms with Crippen molar-refractivity contribution in [1.29, 1.82) is 0 Å². The van der Waals surface area contributed by atoms with Crippen LogP contribution < -0.4 is 0 Å². The number of carbonyl (C=O) groups excluding carboxylic acids is 2. The van der Waals surface area contributed by atoms with E-state index in [0.29, 0.717) is 13.1 Å². The fourth-order valence-corrected chi connectivity index (χ4v) is 2.30. The first-order valence-corrected chi connectivity index (χ1v) is 6.05. The van der Waals surface area contributed by atoms with E-state index in [4.69, 9.17) is 4.74 Å². The second-order valence-corrected chi connectivity index (χ2v) is 4.69. The van der Waals surface area contributed by atoms with E-state index >= 15 is 0 Å². The summed E-state index contributed by atoms with van der Waals surface area (Å²) in [5, 5.41) is 9.63. The van der Waals surface area contributed by atoms with Crippen molar-refractivity contribution in [1.82, 2.24) is 9.88 Å². The third-order valence-electron chi connectivity index (χ3n) is 3.39. The molecule has 1 aliphatic rings. The number of aromatic hydroxyl groups is 1. The Kier molecular flexibility index (Phi) is 3.69. The third kappa shape index (κ3) is 2.52. The highest BCUT2D eigenvalue weighted by atomic mass is 16.5. The number of ether oxygens (including phenoxy) is 1. The first kappa shape index (κ1) is 13.3. The van der Waals surface area contributed by atoms with Gasteiger partial charge in [-0.15, -0.1) is 0 Å². The molecular formula is C13H16N2O4. The summed E-state index contributed by atoms with van der Waals surface area (Å²) in [6, 6.07) is 2.97. The Morgan fingerprint density at radius 3 is 2.84 bits per heavy atom. The van der Waals surface area contributed by atoms with Crippen LogP contribution in [0.15, 0.2) is 18.3 Å². The number of carbonyl (C=O) groups is 2. The van der Waals surface area contributed by atoms with E-state index in [2.05, 4.69) is 4.98 Å². The fraction of sp³-hybridized carbons (Fsp3) is 0.462. The lowest BCUT2D eigenvalue weighted by Gasteiger charge is -2.15. The quantitative estimate of drug-likeness (QED) is 0.794. The molecule has 1 N–H and O–H groups in total. The molecule has 1 aromatic rings. The zero-order chi connectivity index (χ0) is 14.0. The molecule has 0 aromatic carbocycles. The highest BCUT2D eigenvalue weighted by Crippen LogP contribution is 2.26. The van der Waals surface area contributed by atoms with Gasteiger partial charge in [0.15, 0.2) is 5.69 Å². The van der Waals surface area contributed by atoms with E-state index in [9.17, 15) is 14.7 Å². The van der Waals surface area contributed by atoms with Gasteiger partial charge in [-0.3, -0.25) is 9.59 Å². The normalized spacial score (nSPS) is 22.3. The number of hydrogen-bond acceptors (Lipinski definition) is 5. The molecule has 0 spiro atoms. The van der Waals surface area contributed by atoms with Gasteiger partial charge >= 0.3 is 5.97 Å². The maximum absolute atomic E-state index is 12.2. The van der Waals surface area contributed by atoms with Crippen LogP contribution in [0.5, 0.6) is 5.75 Å². The van der Waals surface area contributed by atoms with E-state index in [1.54, 1.807) is 6.07 Å². The number of esters is 1. The first-order chi connectivity index (χ1) is 9.04. The van der Waals surface area contributed by atoms with Crippen LogP contribution in [0.3, 0.4) is 0 Å². The predicted molar refractivity (Wildman–Crippen MR) is 66.5 cm³/mol. The number of likely N-dealkylation sites (tertiary alicyclic amines) is 1. The Labute approximate surface area is 111 Å². The molecule has 1 amide bonds. The molecule has 0 bridgehead atoms. The van der Waals surface area contributed by atoms with Crippen LogP contribution in [-0.4, -0.2) is 47.1 Å². The topological polar surface area (TPSA) is 79.7 Å². The van der Waals surface area contributed by atoms with Crippen LogP contribution in [0, 0.1) is 11.8 Å². The minimum atomic E-state index is -0.364. The molecule has 1 aliphatic heterocycles. The average molecular weight is 264 g/mol. The van der Waals surface area contributed by atoms with Crippen molar-refractivity contribution in [3.8, 4) is 5.75 Å². The van der Waals surface area contributed by atoms with Crippen LogP contribution in [0.4, 0.5) is 0 Å². The molecule has 6 nitrogen and oxygen atoms in total. The van der Waals surface area contributed by atoms with Gasteiger partial charge in [0.25, 0.3) is 5.91 Å². The van der Waals surface area contributed by atoms with Crippen molar-refractivity contribution in [2.75, 3.05) is 20.2 Å². The lowest BCUT2D eigenvalue weighted by molar-refractivity contribution is -0.146. The Hall–Kier alpha value is -2.11. The number of aromatic nitrogens is 1. The molecule has 2 atom stereocenters. The third-order valence-corrected chi connectivity index (χ3v) is 3.39. The SMILES string of the molecule is COC(=O)C1CN(C(=O)c2ncccc2O)CC1C. The van der Waals surface area contributed by atoms with Crippen LogP contribution in [0.25, 0.3) is 0 Å². The number of amides is 1. The fourth-order valence-electron chi connectivity index (χ4n) is 2.30. The Bertz CT molecular complexity index is 503. The summed E-state index contributed by atoms with van der Waals surface area (Å²) < 4.78 is 4.72. The van der Waals surface area contributed by atoms with E-state index in [-0.39, 0.29) is 35.2 Å². The zero-order valence-corrected chi connectivity index (χ0v) is 10.9. The molecule has 19 heavy (non-hydrogen) atoms. The smallest absolute Gasteiger partial charge is 0.310 e. The van der Waals surface area contributed by atoms with E-state index in [1.807, 2.05) is 6.92 Å². The van der Waals surface area contributed by atoms with Gasteiger partial charge in [0.05, 0.1) is 13.0 Å². The number of rotatable bonds is 2. The van der Waals surface area contributed by atoms with Crippen LogP contribution >= 0.6 is 0 Å². The Morgan fingerprint density at radius 1 is 1.47 bits per heavy atom. The summed E-state index contributed by atoms with van der Waals surface area (Å²) in [5.74, 6) is -1.12. The second-order valence-electron chi connectivity index (χ2n) is 4.69. The van der Waals surface area contributed by atoms with Crippen LogP contribution in [-0.2, 0) is 9.53 Å². The number of nitrogens with zero attached hydrogens (tertiary/aromatic N) is 2. The zero-order valence-electron chi connectivity index (χ0n) is 10.9. The summed E-state index contributed by atoms with van der Waals surface area (Å²) in [6.07, 6.45) is 1.45. The second kappa shape index (κ2) is 5.26. The van der Waals surface area contributed by atoms with Gasteiger partial charge in [-0.05, 0) is 18.1 Å². The standard InChI is InChI=1S/C13H16N2O4/c1-8-6-15(7-9(8)13(18)19-2)12(17)11-10(16)4-3-5-14-11/h3-5,8-9,16H,6-7H2,1-2H3. The largest absolute Gasteiger partial charge is 0.505 e. The maximum atomic E-state index is 12.2. The number of methoxy groups -OCH3 is 1. The predicted octanol–water partition coefficient (Wildman–Crippen LogP) is 0.668. The van der Waals surface area contributed by atoms with Crippen molar-refractivity contribution in [3.63, 3.8) is 0 Å². The molecule has 2 unspecified atom stereocenters. The molecule has 0 saturated carbocycles. The van der Waals surface area contributed by atoms with E-state index in [0.717, 1.165) is 0 Å². The van der Waals surface area contributed by atoms with Gasteiger partial charge in [-0.1, -0.05) is 6.92 Å². The van der Waals surface area contributed by atoms with Crippen molar-refractivity contribution in [2.45, 2.75) is 6.92 Å². The molecule has 1 fully saturated rings. The molecule has 0 radical (unpaired) electrons. The van der Waals surface area contributed by atoms with Crippen LogP contribution in [0.1, 0.15) is 17.4 Å². The minimum absolute atomic E-state index is 0.0141. The minimum Gasteiger partial charge on any atom is -0.505 e.